The molecule has 1 aromatic carbocycles. The van der Waals surface area contributed by atoms with Gasteiger partial charge in [0.05, 0.1) is 7.11 Å². The van der Waals surface area contributed by atoms with Crippen LogP contribution in [0.25, 0.3) is 6.08 Å². The quantitative estimate of drug-likeness (QED) is 0.546. The Bertz CT molecular complexity index is 925. The third-order valence-electron chi connectivity index (χ3n) is 5.14. The van der Waals surface area contributed by atoms with Crippen LogP contribution in [0.3, 0.4) is 0 Å². The number of aromatic nitrogens is 1. The highest BCUT2D eigenvalue weighted by Crippen LogP contribution is 2.38. The predicted octanol–water partition coefficient (Wildman–Crippen LogP) is 3.71. The number of methoxy groups -OCH3 is 1. The van der Waals surface area contributed by atoms with E-state index < -0.39 is 12.1 Å². The Hall–Kier alpha value is -3.02. The molecule has 6 heteroatoms. The van der Waals surface area contributed by atoms with Gasteiger partial charge in [-0.1, -0.05) is 18.2 Å². The number of nitrogens with zero attached hydrogens (tertiary/aromatic N) is 1. The van der Waals surface area contributed by atoms with Crippen LogP contribution >= 0.6 is 0 Å². The van der Waals surface area contributed by atoms with Gasteiger partial charge in [0.25, 0.3) is 5.91 Å². The number of hydrogen-bond donors (Lipinski definition) is 1. The molecule has 29 heavy (non-hydrogen) atoms. The van der Waals surface area contributed by atoms with E-state index in [1.165, 1.54) is 24.6 Å². The minimum Gasteiger partial charge on any atom is -0.496 e. The van der Waals surface area contributed by atoms with Crippen LogP contribution in [0.5, 0.6) is 5.75 Å². The molecule has 3 rings (SSSR count). The maximum Gasteiger partial charge on any atom is 0.331 e. The second-order valence-corrected chi connectivity index (χ2v) is 7.37. The van der Waals surface area contributed by atoms with Gasteiger partial charge in [-0.25, -0.2) is 4.79 Å². The normalized spacial score (nSPS) is 14.6. The van der Waals surface area contributed by atoms with Crippen LogP contribution < -0.4 is 10.1 Å². The monoisotopic (exact) mass is 396 g/mol. The van der Waals surface area contributed by atoms with E-state index in [0.29, 0.717) is 18.3 Å². The number of esters is 1. The molecule has 1 atom stereocenters. The standard InChI is InChI=1S/C23H28N2O4/c1-15-13-18(16(2)25(15)20-10-11-20)9-12-22(26)29-17(3)23(27)24-14-19-7-5-6-8-21(19)28-4/h5-9,12-13,17,20H,10-11,14H2,1-4H3,(H,24,27)/b12-9+/t17-/m1/s1. The number of benzene rings is 1. The van der Waals surface area contributed by atoms with Crippen LogP contribution in [0.15, 0.2) is 36.4 Å². The Kier molecular flexibility index (Phi) is 6.42. The first-order valence-corrected chi connectivity index (χ1v) is 9.87. The Morgan fingerprint density at radius 1 is 1.28 bits per heavy atom. The lowest BCUT2D eigenvalue weighted by molar-refractivity contribution is -0.150. The Morgan fingerprint density at radius 2 is 2.00 bits per heavy atom. The molecule has 0 spiro atoms. The van der Waals surface area contributed by atoms with Gasteiger partial charge in [-0.15, -0.1) is 0 Å². The summed E-state index contributed by atoms with van der Waals surface area (Å²) in [4.78, 5) is 24.4. The number of amides is 1. The summed E-state index contributed by atoms with van der Waals surface area (Å²) in [6.45, 7) is 6.00. The van der Waals surface area contributed by atoms with Crippen LogP contribution in [0, 0.1) is 13.8 Å². The SMILES string of the molecule is COc1ccccc1CNC(=O)[C@@H](C)OC(=O)/C=C/c1cc(C)n(C2CC2)c1C. The van der Waals surface area contributed by atoms with Crippen LogP contribution in [-0.4, -0.2) is 29.7 Å². The van der Waals surface area contributed by atoms with Crippen molar-refractivity contribution >= 4 is 18.0 Å². The van der Waals surface area contributed by atoms with Gasteiger partial charge in [-0.3, -0.25) is 4.79 Å². The van der Waals surface area contributed by atoms with E-state index in [-0.39, 0.29) is 5.91 Å². The number of para-hydroxylation sites is 1. The second kappa shape index (κ2) is 8.99. The molecule has 0 saturated heterocycles. The zero-order chi connectivity index (χ0) is 21.0. The van der Waals surface area contributed by atoms with Crippen LogP contribution in [0.2, 0.25) is 0 Å². The fourth-order valence-corrected chi connectivity index (χ4v) is 3.47. The zero-order valence-corrected chi connectivity index (χ0v) is 17.4. The van der Waals surface area contributed by atoms with Crippen molar-refractivity contribution in [2.45, 2.75) is 52.3 Å². The Labute approximate surface area is 171 Å². The number of ether oxygens (including phenoxy) is 2. The highest BCUT2D eigenvalue weighted by atomic mass is 16.5. The minimum absolute atomic E-state index is 0.299. The molecule has 0 bridgehead atoms. The molecule has 1 heterocycles. The molecule has 6 nitrogen and oxygen atoms in total. The lowest BCUT2D eigenvalue weighted by atomic mass is 10.2. The maximum atomic E-state index is 12.3. The van der Waals surface area contributed by atoms with Crippen LogP contribution in [0.1, 0.15) is 48.3 Å². The molecule has 0 radical (unpaired) electrons. The molecule has 154 valence electrons. The van der Waals surface area contributed by atoms with Gasteiger partial charge in [0, 0.05) is 35.6 Å². The summed E-state index contributed by atoms with van der Waals surface area (Å²) in [6.07, 6.45) is 4.67. The molecule has 1 aromatic heterocycles. The van der Waals surface area contributed by atoms with E-state index in [1.807, 2.05) is 24.3 Å². The zero-order valence-electron chi connectivity index (χ0n) is 17.4. The van der Waals surface area contributed by atoms with Crippen LogP contribution in [0.4, 0.5) is 0 Å². The molecule has 1 fully saturated rings. The molecule has 1 aliphatic carbocycles. The molecule has 2 aromatic rings. The van der Waals surface area contributed by atoms with E-state index >= 15 is 0 Å². The van der Waals surface area contributed by atoms with E-state index in [9.17, 15) is 9.59 Å². The molecule has 0 aliphatic heterocycles. The van der Waals surface area contributed by atoms with Crippen molar-refractivity contribution in [1.82, 2.24) is 9.88 Å². The third kappa shape index (κ3) is 5.08. The van der Waals surface area contributed by atoms with Crippen molar-refractivity contribution < 1.29 is 19.1 Å². The van der Waals surface area contributed by atoms with Gasteiger partial charge in [0.2, 0.25) is 0 Å². The summed E-state index contributed by atoms with van der Waals surface area (Å²) >= 11 is 0. The fourth-order valence-electron chi connectivity index (χ4n) is 3.47. The lowest BCUT2D eigenvalue weighted by Crippen LogP contribution is -2.35. The molecule has 0 unspecified atom stereocenters. The topological polar surface area (TPSA) is 69.6 Å². The van der Waals surface area contributed by atoms with Gasteiger partial charge in [-0.2, -0.15) is 0 Å². The first-order valence-electron chi connectivity index (χ1n) is 9.87. The molecule has 1 amide bonds. The smallest absolute Gasteiger partial charge is 0.331 e. The van der Waals surface area contributed by atoms with E-state index in [2.05, 4.69) is 29.8 Å². The Balaban J connectivity index is 1.52. The number of hydrogen-bond acceptors (Lipinski definition) is 4. The van der Waals surface area contributed by atoms with Crippen molar-refractivity contribution in [2.75, 3.05) is 7.11 Å². The molecular weight excluding hydrogens is 368 g/mol. The molecular formula is C23H28N2O4. The summed E-state index contributed by atoms with van der Waals surface area (Å²) < 4.78 is 12.8. The summed E-state index contributed by atoms with van der Waals surface area (Å²) in [5, 5.41) is 2.77. The highest BCUT2D eigenvalue weighted by molar-refractivity contribution is 5.90. The number of rotatable bonds is 8. The first-order chi connectivity index (χ1) is 13.9. The summed E-state index contributed by atoms with van der Waals surface area (Å²) in [5.41, 5.74) is 4.20. The first kappa shape index (κ1) is 20.7. The van der Waals surface area contributed by atoms with Gasteiger partial charge >= 0.3 is 5.97 Å². The van der Waals surface area contributed by atoms with Crippen molar-refractivity contribution in [3.05, 3.63) is 58.9 Å². The molecule has 1 saturated carbocycles. The fraction of sp³-hybridized carbons (Fsp3) is 0.391. The average molecular weight is 396 g/mol. The number of aryl methyl sites for hydroxylation is 1. The lowest BCUT2D eigenvalue weighted by Gasteiger charge is -2.13. The van der Waals surface area contributed by atoms with Crippen molar-refractivity contribution in [3.8, 4) is 5.75 Å². The molecule has 1 aliphatic rings. The van der Waals surface area contributed by atoms with Crippen molar-refractivity contribution in [1.29, 1.82) is 0 Å². The maximum absolute atomic E-state index is 12.3. The number of carbonyl (C=O) groups is 2. The van der Waals surface area contributed by atoms with E-state index in [0.717, 1.165) is 16.8 Å². The van der Waals surface area contributed by atoms with Gasteiger partial charge in [-0.05, 0) is 57.4 Å². The molecule has 1 N–H and O–H groups in total. The van der Waals surface area contributed by atoms with Crippen molar-refractivity contribution in [3.63, 3.8) is 0 Å². The predicted molar refractivity (Wildman–Crippen MR) is 112 cm³/mol. The minimum atomic E-state index is -0.888. The number of carbonyl (C=O) groups excluding carboxylic acids is 2. The number of nitrogens with one attached hydrogen (secondary N) is 1. The third-order valence-corrected chi connectivity index (χ3v) is 5.14. The summed E-state index contributed by atoms with van der Waals surface area (Å²) in [6, 6.07) is 10.1. The summed E-state index contributed by atoms with van der Waals surface area (Å²) in [5.74, 6) is -0.199. The second-order valence-electron chi connectivity index (χ2n) is 7.37. The summed E-state index contributed by atoms with van der Waals surface area (Å²) in [7, 11) is 1.58. The van der Waals surface area contributed by atoms with E-state index in [4.69, 9.17) is 9.47 Å². The van der Waals surface area contributed by atoms with Crippen molar-refractivity contribution in [2.24, 2.45) is 0 Å². The van der Waals surface area contributed by atoms with Crippen LogP contribution in [-0.2, 0) is 20.9 Å². The highest BCUT2D eigenvalue weighted by Gasteiger charge is 2.26. The van der Waals surface area contributed by atoms with Gasteiger partial charge in [0.15, 0.2) is 6.10 Å². The van der Waals surface area contributed by atoms with Gasteiger partial charge < -0.3 is 19.4 Å². The Morgan fingerprint density at radius 3 is 2.69 bits per heavy atom. The van der Waals surface area contributed by atoms with E-state index in [1.54, 1.807) is 20.1 Å². The van der Waals surface area contributed by atoms with Gasteiger partial charge in [0.1, 0.15) is 5.75 Å². The average Bonchev–Trinajstić information content (AvgIpc) is 3.49. The largest absolute Gasteiger partial charge is 0.496 e.